The third-order valence-electron chi connectivity index (χ3n) is 3.49. The number of aromatic nitrogens is 4. The van der Waals surface area contributed by atoms with E-state index in [0.717, 1.165) is 11.3 Å². The lowest BCUT2D eigenvalue weighted by Crippen LogP contribution is -2.15. The van der Waals surface area contributed by atoms with Crippen LogP contribution in [0.2, 0.25) is 0 Å². The Morgan fingerprint density at radius 3 is 2.78 bits per heavy atom. The predicted molar refractivity (Wildman–Crippen MR) is 84.1 cm³/mol. The van der Waals surface area contributed by atoms with Gasteiger partial charge in [0.2, 0.25) is 0 Å². The van der Waals surface area contributed by atoms with Crippen LogP contribution in [0.15, 0.2) is 35.5 Å². The number of pyridine rings is 2. The smallest absolute Gasteiger partial charge is 0.326 e. The van der Waals surface area contributed by atoms with Gasteiger partial charge in [0.25, 0.3) is 5.43 Å². The Labute approximate surface area is 130 Å². The van der Waals surface area contributed by atoms with Gasteiger partial charge >= 0.3 is 5.69 Å². The predicted octanol–water partition coefficient (Wildman–Crippen LogP) is 2.09. The Morgan fingerprint density at radius 2 is 2.13 bits per heavy atom. The van der Waals surface area contributed by atoms with Gasteiger partial charge in [0.1, 0.15) is 5.65 Å². The quantitative estimate of drug-likeness (QED) is 0.542. The summed E-state index contributed by atoms with van der Waals surface area (Å²) in [5.74, 6) is 0.443. The van der Waals surface area contributed by atoms with E-state index in [0.29, 0.717) is 18.0 Å². The van der Waals surface area contributed by atoms with E-state index in [-0.39, 0.29) is 5.39 Å². The van der Waals surface area contributed by atoms with E-state index in [1.54, 1.807) is 16.8 Å². The molecule has 0 spiro atoms. The number of hydrogen-bond acceptors (Lipinski definition) is 6. The number of nitrogens with zero attached hydrogens (tertiary/aromatic N) is 5. The monoisotopic (exact) mass is 311 g/mol. The second-order valence-electron chi connectivity index (χ2n) is 5.00. The van der Waals surface area contributed by atoms with Gasteiger partial charge in [0.05, 0.1) is 16.5 Å². The molecule has 3 aromatic heterocycles. The van der Waals surface area contributed by atoms with Crippen molar-refractivity contribution < 1.29 is 4.92 Å². The van der Waals surface area contributed by atoms with Gasteiger partial charge in [-0.3, -0.25) is 19.9 Å². The van der Waals surface area contributed by atoms with Crippen LogP contribution in [-0.4, -0.2) is 24.4 Å². The minimum absolute atomic E-state index is 0.135. The van der Waals surface area contributed by atoms with Crippen molar-refractivity contribution in [1.29, 1.82) is 0 Å². The molecule has 0 saturated carbocycles. The van der Waals surface area contributed by atoms with Crippen LogP contribution >= 0.6 is 0 Å². The first-order valence-corrected chi connectivity index (χ1v) is 6.99. The maximum Gasteiger partial charge on any atom is 0.333 e. The molecule has 0 aliphatic heterocycles. The van der Waals surface area contributed by atoms with Crippen LogP contribution in [0.5, 0.6) is 0 Å². The average molecular weight is 311 g/mol. The normalized spacial score (nSPS) is 10.9. The van der Waals surface area contributed by atoms with E-state index in [1.165, 1.54) is 12.4 Å². The molecule has 23 heavy (non-hydrogen) atoms. The summed E-state index contributed by atoms with van der Waals surface area (Å²) in [6.07, 6.45) is 4.22. The molecule has 0 N–H and O–H groups in total. The maximum absolute atomic E-state index is 12.2. The summed E-state index contributed by atoms with van der Waals surface area (Å²) in [5.41, 5.74) is 0.820. The van der Waals surface area contributed by atoms with Gasteiger partial charge in [-0.25, -0.2) is 9.97 Å². The molecule has 0 bridgehead atoms. The lowest BCUT2D eigenvalue weighted by molar-refractivity contribution is -0.386. The van der Waals surface area contributed by atoms with Gasteiger partial charge in [-0.2, -0.15) is 0 Å². The van der Waals surface area contributed by atoms with Crippen molar-refractivity contribution in [2.45, 2.75) is 20.4 Å². The van der Waals surface area contributed by atoms with E-state index < -0.39 is 16.0 Å². The molecular weight excluding hydrogens is 298 g/mol. The standard InChI is InChI=1S/C15H13N5O3/c1-3-19-8-12(20(22)23)13(21)11-7-17-14(18-15(11)19)10-4-5-16-9(2)6-10/h4-8H,3H2,1-2H3. The number of hydrogen-bond donors (Lipinski definition) is 0. The maximum atomic E-state index is 12.2. The molecule has 8 nitrogen and oxygen atoms in total. The summed E-state index contributed by atoms with van der Waals surface area (Å²) >= 11 is 0. The zero-order valence-electron chi connectivity index (χ0n) is 12.6. The van der Waals surface area contributed by atoms with Gasteiger partial charge in [-0.05, 0) is 26.0 Å². The SMILES string of the molecule is CCn1cc([N+](=O)[O-])c(=O)c2cnc(-c3ccnc(C)c3)nc21. The molecule has 3 aromatic rings. The van der Waals surface area contributed by atoms with Crippen LogP contribution in [-0.2, 0) is 6.54 Å². The average Bonchev–Trinajstić information content (AvgIpc) is 2.54. The van der Waals surface area contributed by atoms with E-state index in [4.69, 9.17) is 0 Å². The number of rotatable bonds is 3. The van der Waals surface area contributed by atoms with Crippen molar-refractivity contribution in [3.8, 4) is 11.4 Å². The Bertz CT molecular complexity index is 980. The third-order valence-corrected chi connectivity index (χ3v) is 3.49. The summed E-state index contributed by atoms with van der Waals surface area (Å²) in [5, 5.41) is 11.1. The summed E-state index contributed by atoms with van der Waals surface area (Å²) < 4.78 is 1.58. The molecule has 0 aliphatic carbocycles. The largest absolute Gasteiger partial charge is 0.333 e. The number of fused-ring (bicyclic) bond motifs is 1. The Kier molecular flexibility index (Phi) is 3.57. The highest BCUT2D eigenvalue weighted by Gasteiger charge is 2.19. The van der Waals surface area contributed by atoms with Crippen LogP contribution in [0.25, 0.3) is 22.4 Å². The second-order valence-corrected chi connectivity index (χ2v) is 5.00. The van der Waals surface area contributed by atoms with Gasteiger partial charge in [0.15, 0.2) is 5.82 Å². The highest BCUT2D eigenvalue weighted by atomic mass is 16.6. The van der Waals surface area contributed by atoms with Crippen LogP contribution in [0.3, 0.4) is 0 Å². The fraction of sp³-hybridized carbons (Fsp3) is 0.200. The summed E-state index contributed by atoms with van der Waals surface area (Å²) in [6.45, 7) is 4.13. The third kappa shape index (κ3) is 2.54. The van der Waals surface area contributed by atoms with Crippen molar-refractivity contribution in [3.63, 3.8) is 0 Å². The molecule has 3 rings (SSSR count). The highest BCUT2D eigenvalue weighted by Crippen LogP contribution is 2.19. The van der Waals surface area contributed by atoms with Gasteiger partial charge in [0, 0.05) is 30.2 Å². The van der Waals surface area contributed by atoms with Gasteiger partial charge < -0.3 is 4.57 Å². The molecule has 0 aliphatic rings. The fourth-order valence-corrected chi connectivity index (χ4v) is 2.35. The van der Waals surface area contributed by atoms with E-state index in [2.05, 4.69) is 15.0 Å². The molecule has 0 fully saturated rings. The fourth-order valence-electron chi connectivity index (χ4n) is 2.35. The van der Waals surface area contributed by atoms with Crippen molar-refractivity contribution in [2.24, 2.45) is 0 Å². The van der Waals surface area contributed by atoms with E-state index in [1.807, 2.05) is 19.9 Å². The Morgan fingerprint density at radius 1 is 1.35 bits per heavy atom. The minimum atomic E-state index is -0.686. The Balaban J connectivity index is 2.30. The lowest BCUT2D eigenvalue weighted by Gasteiger charge is -2.08. The van der Waals surface area contributed by atoms with Gasteiger partial charge in [-0.1, -0.05) is 0 Å². The Hall–Kier alpha value is -3.16. The van der Waals surface area contributed by atoms with E-state index in [9.17, 15) is 14.9 Å². The zero-order valence-corrected chi connectivity index (χ0v) is 12.6. The summed E-state index contributed by atoms with van der Waals surface area (Å²) in [6, 6.07) is 3.61. The van der Waals surface area contributed by atoms with Crippen LogP contribution < -0.4 is 5.43 Å². The molecule has 0 atom stereocenters. The first-order chi connectivity index (χ1) is 11.0. The molecule has 3 heterocycles. The van der Waals surface area contributed by atoms with Crippen LogP contribution in [0.1, 0.15) is 12.6 Å². The van der Waals surface area contributed by atoms with Crippen LogP contribution in [0.4, 0.5) is 5.69 Å². The number of aryl methyl sites for hydroxylation is 2. The molecular formula is C15H13N5O3. The van der Waals surface area contributed by atoms with Crippen molar-refractivity contribution in [3.05, 3.63) is 56.8 Å². The topological polar surface area (TPSA) is 104 Å². The minimum Gasteiger partial charge on any atom is -0.326 e. The van der Waals surface area contributed by atoms with Crippen LogP contribution in [0, 0.1) is 17.0 Å². The molecule has 0 saturated heterocycles. The lowest BCUT2D eigenvalue weighted by atomic mass is 10.2. The molecule has 8 heteroatoms. The van der Waals surface area contributed by atoms with Crippen molar-refractivity contribution >= 4 is 16.7 Å². The highest BCUT2D eigenvalue weighted by molar-refractivity contribution is 5.78. The van der Waals surface area contributed by atoms with Crippen molar-refractivity contribution in [2.75, 3.05) is 0 Å². The van der Waals surface area contributed by atoms with Crippen molar-refractivity contribution in [1.82, 2.24) is 19.5 Å². The molecule has 0 unspecified atom stereocenters. The molecule has 0 amide bonds. The molecule has 0 aromatic carbocycles. The summed E-state index contributed by atoms with van der Waals surface area (Å²) in [7, 11) is 0. The first-order valence-electron chi connectivity index (χ1n) is 6.99. The number of nitro groups is 1. The molecule has 116 valence electrons. The zero-order chi connectivity index (χ0) is 16.6. The first kappa shape index (κ1) is 14.8. The van der Waals surface area contributed by atoms with E-state index >= 15 is 0 Å². The second kappa shape index (κ2) is 5.56. The van der Waals surface area contributed by atoms with Gasteiger partial charge in [-0.15, -0.1) is 0 Å². The summed E-state index contributed by atoms with van der Waals surface area (Å²) in [4.78, 5) is 35.2. The molecule has 0 radical (unpaired) electrons.